The molecule has 0 bridgehead atoms. The summed E-state index contributed by atoms with van der Waals surface area (Å²) in [5, 5.41) is 10.0. The Balaban J connectivity index is 2.00. The van der Waals surface area contributed by atoms with Crippen LogP contribution >= 0.6 is 0 Å². The molecule has 0 unspecified atom stereocenters. The molecule has 2 aromatic rings. The first-order valence-electron chi connectivity index (χ1n) is 13.7. The van der Waals surface area contributed by atoms with Gasteiger partial charge in [0.2, 0.25) is 0 Å². The summed E-state index contributed by atoms with van der Waals surface area (Å²) in [7, 11) is 0. The Morgan fingerprint density at radius 2 is 1.44 bits per heavy atom. The van der Waals surface area contributed by atoms with Crippen LogP contribution in [0.4, 0.5) is 0 Å². The van der Waals surface area contributed by atoms with Gasteiger partial charge in [-0.1, -0.05) is 0 Å². The molecule has 178 valence electrons. The molecule has 0 saturated heterocycles. The molecule has 1 saturated carbocycles. The fourth-order valence-corrected chi connectivity index (χ4v) is 21.9. The van der Waals surface area contributed by atoms with Crippen LogP contribution in [0.1, 0.15) is 103 Å². The predicted octanol–water partition coefficient (Wildman–Crippen LogP) is 7.51. The zero-order valence-electron chi connectivity index (χ0n) is 21.1. The second-order valence-corrected chi connectivity index (χ2v) is 23.3. The monoisotopic (exact) mass is 545 g/mol. The maximum atomic E-state index is 5.12. The van der Waals surface area contributed by atoms with E-state index < -0.39 is 18.4 Å². The first-order chi connectivity index (χ1) is 15.7. The molecule has 0 spiro atoms. The molecular weight excluding hydrogens is 497 g/mol. The summed E-state index contributed by atoms with van der Waals surface area (Å²) < 4.78 is 8.35. The van der Waals surface area contributed by atoms with Crippen LogP contribution in [0, 0.1) is 5.92 Å². The van der Waals surface area contributed by atoms with Gasteiger partial charge in [0, 0.05) is 0 Å². The standard InChI is InChI=1S/C16H20N3.3C4H9.Sn/c1-3-7-14(8-4-1)11-16-12-17-18-19(16)13-15-9-5-2-6-10-15;3*1-3-4-2;/h2,5-6,9-10,14H,1,3-4,7-8,11,13H2;3*1,3-4H2,2H3;. The molecule has 0 radical (unpaired) electrons. The summed E-state index contributed by atoms with van der Waals surface area (Å²) in [5.41, 5.74) is 2.91. The van der Waals surface area contributed by atoms with Crippen molar-refractivity contribution in [3.05, 3.63) is 41.6 Å². The number of nitrogens with zero attached hydrogens (tertiary/aromatic N) is 3. The molecule has 0 N–H and O–H groups in total. The maximum absolute atomic E-state index is 5.12. The third kappa shape index (κ3) is 7.08. The molecular formula is C28H47N3Sn. The summed E-state index contributed by atoms with van der Waals surface area (Å²) >= 11 is -2.61. The average molecular weight is 544 g/mol. The third-order valence-electron chi connectivity index (χ3n) is 7.75. The molecule has 1 aliphatic rings. The topological polar surface area (TPSA) is 30.7 Å². The van der Waals surface area contributed by atoms with Gasteiger partial charge in [-0.05, 0) is 0 Å². The first kappa shape index (κ1) is 25.8. The number of rotatable bonds is 14. The van der Waals surface area contributed by atoms with E-state index in [-0.39, 0.29) is 0 Å². The zero-order valence-corrected chi connectivity index (χ0v) is 24.0. The summed E-state index contributed by atoms with van der Waals surface area (Å²) in [6.07, 6.45) is 16.4. The van der Waals surface area contributed by atoms with Crippen LogP contribution in [-0.4, -0.2) is 33.4 Å². The van der Waals surface area contributed by atoms with Gasteiger partial charge < -0.3 is 0 Å². The third-order valence-corrected chi connectivity index (χ3v) is 22.9. The van der Waals surface area contributed by atoms with Gasteiger partial charge in [0.25, 0.3) is 0 Å². The van der Waals surface area contributed by atoms with Gasteiger partial charge in [-0.2, -0.15) is 0 Å². The minimum absolute atomic E-state index is 0.836. The second-order valence-electron chi connectivity index (χ2n) is 10.3. The molecule has 0 aliphatic heterocycles. The van der Waals surface area contributed by atoms with E-state index in [1.807, 2.05) is 0 Å². The van der Waals surface area contributed by atoms with Gasteiger partial charge >= 0.3 is 202 Å². The number of hydrogen-bond acceptors (Lipinski definition) is 2. The van der Waals surface area contributed by atoms with Crippen LogP contribution in [0.25, 0.3) is 0 Å². The van der Waals surface area contributed by atoms with E-state index in [0.29, 0.717) is 0 Å². The van der Waals surface area contributed by atoms with E-state index in [4.69, 9.17) is 10.3 Å². The van der Waals surface area contributed by atoms with Crippen molar-refractivity contribution in [3.63, 3.8) is 0 Å². The van der Waals surface area contributed by atoms with Crippen molar-refractivity contribution in [2.75, 3.05) is 0 Å². The SMILES string of the molecule is CCC[CH2][Sn]([CH2]CCC)([CH2]CCC)[c]1nnn(Cc2ccccc2)c1CC1CCCCC1. The van der Waals surface area contributed by atoms with Crippen LogP contribution in [0.5, 0.6) is 0 Å². The van der Waals surface area contributed by atoms with Crippen molar-refractivity contribution >= 4 is 22.1 Å². The Labute approximate surface area is 201 Å². The van der Waals surface area contributed by atoms with Crippen LogP contribution < -0.4 is 3.71 Å². The molecule has 0 amide bonds. The normalized spacial score (nSPS) is 15.3. The molecule has 1 aromatic heterocycles. The van der Waals surface area contributed by atoms with Gasteiger partial charge in [-0.25, -0.2) is 0 Å². The fraction of sp³-hybridized carbons (Fsp3) is 0.714. The van der Waals surface area contributed by atoms with E-state index in [0.717, 1.165) is 12.5 Å². The van der Waals surface area contributed by atoms with Gasteiger partial charge in [0.1, 0.15) is 0 Å². The van der Waals surface area contributed by atoms with E-state index in [1.54, 1.807) is 9.40 Å². The minimum atomic E-state index is -2.61. The van der Waals surface area contributed by atoms with E-state index >= 15 is 0 Å². The van der Waals surface area contributed by atoms with Crippen molar-refractivity contribution in [2.24, 2.45) is 5.92 Å². The van der Waals surface area contributed by atoms with Crippen molar-refractivity contribution in [1.29, 1.82) is 0 Å². The van der Waals surface area contributed by atoms with Crippen molar-refractivity contribution in [1.82, 2.24) is 15.0 Å². The number of aromatic nitrogens is 3. The predicted molar refractivity (Wildman–Crippen MR) is 140 cm³/mol. The molecule has 1 fully saturated rings. The Bertz CT molecular complexity index is 742. The van der Waals surface area contributed by atoms with Gasteiger partial charge in [-0.3, -0.25) is 0 Å². The molecule has 1 aromatic carbocycles. The number of hydrogen-bond donors (Lipinski definition) is 0. The van der Waals surface area contributed by atoms with E-state index in [2.05, 4.69) is 55.8 Å². The molecule has 4 heteroatoms. The van der Waals surface area contributed by atoms with E-state index in [9.17, 15) is 0 Å². The van der Waals surface area contributed by atoms with Gasteiger partial charge in [-0.15, -0.1) is 0 Å². The van der Waals surface area contributed by atoms with Crippen molar-refractivity contribution in [2.45, 2.75) is 118 Å². The van der Waals surface area contributed by atoms with Crippen LogP contribution in [0.15, 0.2) is 30.3 Å². The Morgan fingerprint density at radius 1 is 0.844 bits per heavy atom. The molecule has 1 aliphatic carbocycles. The molecule has 3 rings (SSSR count). The van der Waals surface area contributed by atoms with Crippen LogP contribution in [0.2, 0.25) is 13.3 Å². The number of benzene rings is 1. The van der Waals surface area contributed by atoms with Gasteiger partial charge in [0.05, 0.1) is 0 Å². The summed E-state index contributed by atoms with van der Waals surface area (Å²) in [6.45, 7) is 7.98. The number of unbranched alkanes of at least 4 members (excludes halogenated alkanes) is 3. The van der Waals surface area contributed by atoms with E-state index in [1.165, 1.54) is 95.9 Å². The first-order valence-corrected chi connectivity index (χ1v) is 21.2. The van der Waals surface area contributed by atoms with Crippen molar-refractivity contribution < 1.29 is 0 Å². The van der Waals surface area contributed by atoms with Gasteiger partial charge in [0.15, 0.2) is 0 Å². The zero-order chi connectivity index (χ0) is 22.7. The fourth-order valence-electron chi connectivity index (χ4n) is 5.77. The quantitative estimate of drug-likeness (QED) is 0.231. The average Bonchev–Trinajstić information content (AvgIpc) is 3.22. The Morgan fingerprint density at radius 3 is 2.00 bits per heavy atom. The molecule has 0 atom stereocenters. The molecule has 1 heterocycles. The Kier molecular flexibility index (Phi) is 11.1. The molecule has 32 heavy (non-hydrogen) atoms. The summed E-state index contributed by atoms with van der Waals surface area (Å²) in [5.74, 6) is 0.836. The molecule has 3 nitrogen and oxygen atoms in total. The van der Waals surface area contributed by atoms with Crippen molar-refractivity contribution in [3.8, 4) is 0 Å². The second kappa shape index (κ2) is 13.8. The van der Waals surface area contributed by atoms with Crippen LogP contribution in [0.3, 0.4) is 0 Å². The summed E-state index contributed by atoms with van der Waals surface area (Å²) in [4.78, 5) is 0. The Hall–Kier alpha value is -0.841. The summed E-state index contributed by atoms with van der Waals surface area (Å²) in [6, 6.07) is 10.9. The van der Waals surface area contributed by atoms with Crippen LogP contribution in [-0.2, 0) is 13.0 Å².